The van der Waals surface area contributed by atoms with Crippen LogP contribution in [0.4, 0.5) is 5.13 Å². The van der Waals surface area contributed by atoms with Crippen LogP contribution in [0, 0.1) is 6.92 Å². The number of hydrogen-bond donors (Lipinski definition) is 2. The smallest absolute Gasteiger partial charge is 0.303 e. The average molecular weight is 331 g/mol. The van der Waals surface area contributed by atoms with Gasteiger partial charge in [-0.15, -0.1) is 10.2 Å². The number of anilines is 1. The van der Waals surface area contributed by atoms with Crippen molar-refractivity contribution in [3.05, 3.63) is 5.01 Å². The number of nitrogens with one attached hydrogen (secondary N) is 2. The zero-order valence-electron chi connectivity index (χ0n) is 12.1. The Hall–Kier alpha value is -0.770. The summed E-state index contributed by atoms with van der Waals surface area (Å²) in [4.78, 5) is 0. The van der Waals surface area contributed by atoms with Gasteiger partial charge in [0.25, 0.3) is 0 Å². The van der Waals surface area contributed by atoms with Crippen molar-refractivity contribution in [3.8, 4) is 0 Å². The minimum absolute atomic E-state index is 0.0332. The van der Waals surface area contributed by atoms with Gasteiger partial charge in [0, 0.05) is 25.2 Å². The first kappa shape index (κ1) is 15.1. The molecule has 1 saturated heterocycles. The predicted molar refractivity (Wildman–Crippen MR) is 82.6 cm³/mol. The Morgan fingerprint density at radius 3 is 2.76 bits per heavy atom. The first-order chi connectivity index (χ1) is 10.0. The SMILES string of the molecule is Cc1nnc(NS(=O)(=O)N2CCCCC2CNC2CC2)s1. The molecular formula is C12H21N5O2S2. The summed E-state index contributed by atoms with van der Waals surface area (Å²) >= 11 is 1.25. The number of piperidine rings is 1. The van der Waals surface area contributed by atoms with Gasteiger partial charge in [0.2, 0.25) is 5.13 Å². The third-order valence-electron chi connectivity index (χ3n) is 3.84. The van der Waals surface area contributed by atoms with Gasteiger partial charge in [0.1, 0.15) is 5.01 Å². The summed E-state index contributed by atoms with van der Waals surface area (Å²) < 4.78 is 29.3. The molecule has 3 rings (SSSR count). The lowest BCUT2D eigenvalue weighted by Crippen LogP contribution is -2.50. The van der Waals surface area contributed by atoms with E-state index in [9.17, 15) is 8.42 Å². The Labute approximate surface area is 129 Å². The number of aromatic nitrogens is 2. The number of rotatable bonds is 6. The predicted octanol–water partition coefficient (Wildman–Crippen LogP) is 1.11. The lowest BCUT2D eigenvalue weighted by molar-refractivity contribution is 0.246. The fraction of sp³-hybridized carbons (Fsp3) is 0.833. The highest BCUT2D eigenvalue weighted by molar-refractivity contribution is 7.90. The molecule has 1 saturated carbocycles. The highest BCUT2D eigenvalue weighted by Crippen LogP contribution is 2.24. The molecule has 2 aliphatic rings. The van der Waals surface area contributed by atoms with Crippen LogP contribution in [-0.4, -0.2) is 48.1 Å². The van der Waals surface area contributed by atoms with Crippen LogP contribution < -0.4 is 10.0 Å². The van der Waals surface area contributed by atoms with E-state index in [-0.39, 0.29) is 6.04 Å². The average Bonchev–Trinajstić information content (AvgIpc) is 3.19. The molecule has 1 aliphatic carbocycles. The van der Waals surface area contributed by atoms with Gasteiger partial charge >= 0.3 is 10.2 Å². The molecule has 2 N–H and O–H groups in total. The Kier molecular flexibility index (Phi) is 4.43. The van der Waals surface area contributed by atoms with Gasteiger partial charge in [0.15, 0.2) is 0 Å². The summed E-state index contributed by atoms with van der Waals surface area (Å²) in [6, 6.07) is 0.626. The molecule has 2 heterocycles. The number of hydrogen-bond acceptors (Lipinski definition) is 6. The fourth-order valence-corrected chi connectivity index (χ4v) is 4.84. The lowest BCUT2D eigenvalue weighted by atomic mass is 10.1. The molecule has 2 fully saturated rings. The van der Waals surface area contributed by atoms with Crippen molar-refractivity contribution in [1.29, 1.82) is 0 Å². The maximum absolute atomic E-state index is 12.6. The summed E-state index contributed by atoms with van der Waals surface area (Å²) in [5, 5.41) is 12.2. The minimum atomic E-state index is -3.55. The van der Waals surface area contributed by atoms with Crippen LogP contribution in [0.5, 0.6) is 0 Å². The van der Waals surface area contributed by atoms with Crippen LogP contribution >= 0.6 is 11.3 Å². The molecule has 0 amide bonds. The van der Waals surface area contributed by atoms with Crippen LogP contribution in [0.25, 0.3) is 0 Å². The van der Waals surface area contributed by atoms with Crippen LogP contribution in [-0.2, 0) is 10.2 Å². The minimum Gasteiger partial charge on any atom is -0.312 e. The first-order valence-electron chi connectivity index (χ1n) is 7.38. The maximum Gasteiger partial charge on any atom is 0.303 e. The van der Waals surface area contributed by atoms with Gasteiger partial charge in [-0.3, -0.25) is 0 Å². The molecule has 0 bridgehead atoms. The van der Waals surface area contributed by atoms with Gasteiger partial charge in [-0.1, -0.05) is 17.8 Å². The molecule has 1 aromatic rings. The van der Waals surface area contributed by atoms with Crippen LogP contribution in [0.2, 0.25) is 0 Å². The molecular weight excluding hydrogens is 310 g/mol. The monoisotopic (exact) mass is 331 g/mol. The van der Waals surface area contributed by atoms with E-state index in [1.54, 1.807) is 11.2 Å². The third kappa shape index (κ3) is 3.91. The summed E-state index contributed by atoms with van der Waals surface area (Å²) in [6.45, 7) is 3.11. The van der Waals surface area contributed by atoms with Gasteiger partial charge in [-0.25, -0.2) is 4.72 Å². The van der Waals surface area contributed by atoms with E-state index in [1.807, 2.05) is 0 Å². The molecule has 0 radical (unpaired) electrons. The van der Waals surface area contributed by atoms with Crippen molar-refractivity contribution < 1.29 is 8.42 Å². The van der Waals surface area contributed by atoms with Crippen molar-refractivity contribution in [2.75, 3.05) is 17.8 Å². The van der Waals surface area contributed by atoms with Crippen molar-refractivity contribution >= 4 is 26.7 Å². The molecule has 1 aromatic heterocycles. The van der Waals surface area contributed by atoms with Gasteiger partial charge in [-0.2, -0.15) is 12.7 Å². The molecule has 21 heavy (non-hydrogen) atoms. The second-order valence-corrected chi connectivity index (χ2v) is 8.48. The van der Waals surface area contributed by atoms with E-state index in [0.717, 1.165) is 30.8 Å². The van der Waals surface area contributed by atoms with Crippen molar-refractivity contribution in [1.82, 2.24) is 19.8 Å². The molecule has 7 nitrogen and oxygen atoms in total. The van der Waals surface area contributed by atoms with E-state index in [0.29, 0.717) is 17.7 Å². The molecule has 1 unspecified atom stereocenters. The zero-order valence-corrected chi connectivity index (χ0v) is 13.7. The Balaban J connectivity index is 1.67. The van der Waals surface area contributed by atoms with Crippen molar-refractivity contribution in [3.63, 3.8) is 0 Å². The van der Waals surface area contributed by atoms with Crippen molar-refractivity contribution in [2.24, 2.45) is 0 Å². The first-order valence-corrected chi connectivity index (χ1v) is 9.63. The van der Waals surface area contributed by atoms with Crippen molar-refractivity contribution in [2.45, 2.75) is 51.1 Å². The Morgan fingerprint density at radius 1 is 1.29 bits per heavy atom. The third-order valence-corrected chi connectivity index (χ3v) is 6.28. The molecule has 1 atom stereocenters. The topological polar surface area (TPSA) is 87.2 Å². The lowest BCUT2D eigenvalue weighted by Gasteiger charge is -2.34. The molecule has 0 aromatic carbocycles. The van der Waals surface area contributed by atoms with Gasteiger partial charge < -0.3 is 5.32 Å². The Morgan fingerprint density at radius 2 is 2.10 bits per heavy atom. The zero-order chi connectivity index (χ0) is 14.9. The van der Waals surface area contributed by atoms with E-state index < -0.39 is 10.2 Å². The van der Waals surface area contributed by atoms with Gasteiger partial charge in [0.05, 0.1) is 0 Å². The fourth-order valence-electron chi connectivity index (χ4n) is 2.59. The summed E-state index contributed by atoms with van der Waals surface area (Å²) in [5.74, 6) is 0. The standard InChI is InChI=1S/C12H21N5O2S2/c1-9-14-15-12(20-9)16-21(18,19)17-7-3-2-4-11(17)8-13-10-5-6-10/h10-11,13H,2-8H2,1H3,(H,15,16). The normalized spacial score (nSPS) is 24.1. The second kappa shape index (κ2) is 6.15. The molecule has 1 aliphatic heterocycles. The van der Waals surface area contributed by atoms with Crippen LogP contribution in [0.1, 0.15) is 37.1 Å². The molecule has 118 valence electrons. The maximum atomic E-state index is 12.6. The second-order valence-electron chi connectivity index (χ2n) is 5.68. The largest absolute Gasteiger partial charge is 0.312 e. The van der Waals surface area contributed by atoms with Crippen LogP contribution in [0.15, 0.2) is 0 Å². The molecule has 9 heteroatoms. The van der Waals surface area contributed by atoms with Crippen LogP contribution in [0.3, 0.4) is 0 Å². The number of nitrogens with zero attached hydrogens (tertiary/aromatic N) is 3. The van der Waals surface area contributed by atoms with E-state index in [2.05, 4.69) is 20.2 Å². The van der Waals surface area contributed by atoms with Gasteiger partial charge in [-0.05, 0) is 32.6 Å². The summed E-state index contributed by atoms with van der Waals surface area (Å²) in [5.41, 5.74) is 0. The van der Waals surface area contributed by atoms with E-state index in [1.165, 1.54) is 24.2 Å². The van der Waals surface area contributed by atoms with E-state index in [4.69, 9.17) is 0 Å². The van der Waals surface area contributed by atoms with E-state index >= 15 is 0 Å². The quantitative estimate of drug-likeness (QED) is 0.815. The highest BCUT2D eigenvalue weighted by atomic mass is 32.2. The number of aryl methyl sites for hydroxylation is 1. The molecule has 0 spiro atoms. The summed E-state index contributed by atoms with van der Waals surface area (Å²) in [7, 11) is -3.55. The highest BCUT2D eigenvalue weighted by Gasteiger charge is 2.34. The summed E-state index contributed by atoms with van der Waals surface area (Å²) in [6.07, 6.45) is 5.33. The Bertz CT molecular complexity index is 584.